The van der Waals surface area contributed by atoms with Crippen LogP contribution in [0.3, 0.4) is 0 Å². The number of fused-ring (bicyclic) bond motifs is 3. The number of aliphatic hydroxyl groups excluding tert-OH is 1. The first-order valence-corrected chi connectivity index (χ1v) is 10.1. The molecule has 2 unspecified atom stereocenters. The Balaban J connectivity index is 1.59. The largest absolute Gasteiger partial charge is 0.391 e. The van der Waals surface area contributed by atoms with Crippen LogP contribution >= 0.6 is 0 Å². The van der Waals surface area contributed by atoms with E-state index in [1.807, 2.05) is 24.3 Å². The minimum absolute atomic E-state index is 0.0341. The standard InChI is InChI=1S/C24H24N2O3/c1-15-5-2-3-6-16(15)11-17-12-19-20(23-18(17)7-4-9-25-23)13-26(24(19)28)21-14-29-10-8-22(21)27/h2-7,9,12,21-22,27H,8,10-11,13-14H2,1H3. The molecular formula is C24H24N2O3. The van der Waals surface area contributed by atoms with E-state index in [1.54, 1.807) is 11.1 Å². The van der Waals surface area contributed by atoms with Gasteiger partial charge in [-0.2, -0.15) is 0 Å². The van der Waals surface area contributed by atoms with Crippen molar-refractivity contribution in [1.29, 1.82) is 0 Å². The minimum atomic E-state index is -0.548. The van der Waals surface area contributed by atoms with Crippen LogP contribution in [0.15, 0.2) is 48.7 Å². The van der Waals surface area contributed by atoms with Crippen molar-refractivity contribution in [2.75, 3.05) is 13.2 Å². The summed E-state index contributed by atoms with van der Waals surface area (Å²) in [4.78, 5) is 19.7. The van der Waals surface area contributed by atoms with E-state index in [9.17, 15) is 9.90 Å². The fourth-order valence-corrected chi connectivity index (χ4v) is 4.56. The SMILES string of the molecule is Cc1ccccc1Cc1cc2c(c3ncccc13)CN(C1COCCC1O)C2=O. The molecule has 0 bridgehead atoms. The molecular weight excluding hydrogens is 364 g/mol. The molecule has 0 spiro atoms. The minimum Gasteiger partial charge on any atom is -0.391 e. The number of aryl methyl sites for hydroxylation is 1. The zero-order chi connectivity index (χ0) is 20.0. The van der Waals surface area contributed by atoms with Gasteiger partial charge in [-0.3, -0.25) is 9.78 Å². The Morgan fingerprint density at radius 2 is 2.07 bits per heavy atom. The van der Waals surface area contributed by atoms with Gasteiger partial charge in [-0.1, -0.05) is 30.3 Å². The van der Waals surface area contributed by atoms with Crippen LogP contribution in [-0.2, 0) is 17.7 Å². The van der Waals surface area contributed by atoms with Crippen LogP contribution in [0, 0.1) is 6.92 Å². The number of aliphatic hydroxyl groups is 1. The Hall–Kier alpha value is -2.76. The van der Waals surface area contributed by atoms with Crippen LogP contribution in [0.4, 0.5) is 0 Å². The lowest BCUT2D eigenvalue weighted by Crippen LogP contribution is -2.49. The Morgan fingerprint density at radius 1 is 1.21 bits per heavy atom. The maximum Gasteiger partial charge on any atom is 0.255 e. The highest BCUT2D eigenvalue weighted by Crippen LogP contribution is 2.35. The van der Waals surface area contributed by atoms with E-state index in [0.717, 1.165) is 28.5 Å². The number of hydrogen-bond acceptors (Lipinski definition) is 4. The first kappa shape index (κ1) is 18.3. The number of aromatic nitrogens is 1. The number of pyridine rings is 1. The number of benzene rings is 2. The average molecular weight is 388 g/mol. The molecule has 3 aromatic rings. The van der Waals surface area contributed by atoms with Gasteiger partial charge in [-0.15, -0.1) is 0 Å². The maximum atomic E-state index is 13.3. The molecule has 0 saturated carbocycles. The third-order valence-electron chi connectivity index (χ3n) is 6.24. The average Bonchev–Trinajstić information content (AvgIpc) is 3.07. The molecule has 1 amide bonds. The lowest BCUT2D eigenvalue weighted by atomic mass is 9.93. The maximum absolute atomic E-state index is 13.3. The Bertz CT molecular complexity index is 1090. The van der Waals surface area contributed by atoms with Crippen LogP contribution in [0.2, 0.25) is 0 Å². The highest BCUT2D eigenvalue weighted by atomic mass is 16.5. The first-order chi connectivity index (χ1) is 14.1. The number of amides is 1. The second-order valence-electron chi connectivity index (χ2n) is 8.00. The van der Waals surface area contributed by atoms with Crippen LogP contribution in [0.1, 0.15) is 39.0 Å². The monoisotopic (exact) mass is 388 g/mol. The van der Waals surface area contributed by atoms with Crippen molar-refractivity contribution in [2.24, 2.45) is 0 Å². The van der Waals surface area contributed by atoms with Gasteiger partial charge in [0.15, 0.2) is 0 Å². The predicted octanol–water partition coefficient (Wildman–Crippen LogP) is 3.24. The number of carbonyl (C=O) groups is 1. The molecule has 2 aromatic carbocycles. The third-order valence-corrected chi connectivity index (χ3v) is 6.24. The van der Waals surface area contributed by atoms with Gasteiger partial charge in [-0.05, 0) is 48.6 Å². The number of nitrogens with zero attached hydrogens (tertiary/aromatic N) is 2. The van der Waals surface area contributed by atoms with Crippen LogP contribution in [0.25, 0.3) is 10.9 Å². The van der Waals surface area contributed by atoms with E-state index in [2.05, 4.69) is 30.1 Å². The van der Waals surface area contributed by atoms with E-state index >= 15 is 0 Å². The summed E-state index contributed by atoms with van der Waals surface area (Å²) in [5.74, 6) is -0.0341. The molecule has 2 aliphatic heterocycles. The van der Waals surface area contributed by atoms with Crippen molar-refractivity contribution in [3.8, 4) is 0 Å². The van der Waals surface area contributed by atoms with E-state index in [1.165, 1.54) is 11.1 Å². The summed E-state index contributed by atoms with van der Waals surface area (Å²) in [7, 11) is 0. The molecule has 1 N–H and O–H groups in total. The molecule has 2 aliphatic rings. The van der Waals surface area contributed by atoms with Crippen molar-refractivity contribution >= 4 is 16.8 Å². The Kier molecular flexibility index (Phi) is 4.57. The molecule has 2 atom stereocenters. The van der Waals surface area contributed by atoms with Gasteiger partial charge in [0.2, 0.25) is 0 Å². The van der Waals surface area contributed by atoms with E-state index in [-0.39, 0.29) is 11.9 Å². The predicted molar refractivity (Wildman–Crippen MR) is 111 cm³/mol. The smallest absolute Gasteiger partial charge is 0.255 e. The van der Waals surface area contributed by atoms with Crippen molar-refractivity contribution in [3.63, 3.8) is 0 Å². The number of hydrogen-bond donors (Lipinski definition) is 1. The van der Waals surface area contributed by atoms with Crippen molar-refractivity contribution in [3.05, 3.63) is 76.5 Å². The number of rotatable bonds is 3. The lowest BCUT2D eigenvalue weighted by molar-refractivity contribution is -0.0528. The summed E-state index contributed by atoms with van der Waals surface area (Å²) in [6.45, 7) is 3.50. The molecule has 5 rings (SSSR count). The zero-order valence-corrected chi connectivity index (χ0v) is 16.5. The molecule has 29 heavy (non-hydrogen) atoms. The molecule has 0 radical (unpaired) electrons. The summed E-state index contributed by atoms with van der Waals surface area (Å²) in [6, 6.07) is 14.1. The van der Waals surface area contributed by atoms with Gasteiger partial charge in [0.25, 0.3) is 5.91 Å². The van der Waals surface area contributed by atoms with Gasteiger partial charge >= 0.3 is 0 Å². The van der Waals surface area contributed by atoms with Crippen molar-refractivity contribution in [1.82, 2.24) is 9.88 Å². The Labute approximate surface area is 169 Å². The van der Waals surface area contributed by atoms with Crippen molar-refractivity contribution < 1.29 is 14.6 Å². The quantitative estimate of drug-likeness (QED) is 0.748. The molecule has 148 valence electrons. The van der Waals surface area contributed by atoms with Gasteiger partial charge in [0.05, 0.1) is 24.3 Å². The molecule has 3 heterocycles. The number of ether oxygens (including phenoxy) is 1. The molecule has 1 aromatic heterocycles. The van der Waals surface area contributed by atoms with Gasteiger partial charge in [-0.25, -0.2) is 0 Å². The van der Waals surface area contributed by atoms with Crippen molar-refractivity contribution in [2.45, 2.75) is 38.5 Å². The second-order valence-corrected chi connectivity index (χ2v) is 8.00. The highest BCUT2D eigenvalue weighted by molar-refractivity contribution is 6.04. The fourth-order valence-electron chi connectivity index (χ4n) is 4.56. The molecule has 5 heteroatoms. The first-order valence-electron chi connectivity index (χ1n) is 10.1. The molecule has 0 aliphatic carbocycles. The number of carbonyl (C=O) groups excluding carboxylic acids is 1. The van der Waals surface area contributed by atoms with E-state index < -0.39 is 6.10 Å². The zero-order valence-electron chi connectivity index (χ0n) is 16.5. The van der Waals surface area contributed by atoms with Crippen LogP contribution < -0.4 is 0 Å². The van der Waals surface area contributed by atoms with Gasteiger partial charge < -0.3 is 14.7 Å². The van der Waals surface area contributed by atoms with E-state index in [0.29, 0.717) is 31.7 Å². The third kappa shape index (κ3) is 3.11. The normalized spacial score (nSPS) is 21.6. The van der Waals surface area contributed by atoms with E-state index in [4.69, 9.17) is 4.74 Å². The summed E-state index contributed by atoms with van der Waals surface area (Å²) in [6.07, 6.45) is 2.55. The lowest BCUT2D eigenvalue weighted by Gasteiger charge is -2.34. The van der Waals surface area contributed by atoms with Gasteiger partial charge in [0, 0.05) is 35.9 Å². The Morgan fingerprint density at radius 3 is 2.90 bits per heavy atom. The summed E-state index contributed by atoms with van der Waals surface area (Å²) in [5.41, 5.74) is 6.14. The molecule has 5 nitrogen and oxygen atoms in total. The van der Waals surface area contributed by atoms with Crippen LogP contribution in [-0.4, -0.2) is 46.3 Å². The van der Waals surface area contributed by atoms with Gasteiger partial charge in [0.1, 0.15) is 0 Å². The molecule has 1 saturated heterocycles. The summed E-state index contributed by atoms with van der Waals surface area (Å²) in [5, 5.41) is 11.5. The van der Waals surface area contributed by atoms with Crippen LogP contribution in [0.5, 0.6) is 0 Å². The highest BCUT2D eigenvalue weighted by Gasteiger charge is 2.39. The second kappa shape index (κ2) is 7.25. The topological polar surface area (TPSA) is 62.7 Å². The fraction of sp³-hybridized carbons (Fsp3) is 0.333. The summed E-state index contributed by atoms with van der Waals surface area (Å²) >= 11 is 0. The molecule has 1 fully saturated rings. The summed E-state index contributed by atoms with van der Waals surface area (Å²) < 4.78 is 5.55.